The number of carbonyl (C=O) groups is 2. The number of aromatic nitrogens is 2. The summed E-state index contributed by atoms with van der Waals surface area (Å²) in [7, 11) is 1.68. The van der Waals surface area contributed by atoms with Crippen molar-refractivity contribution in [3.8, 4) is 16.9 Å². The van der Waals surface area contributed by atoms with E-state index >= 15 is 0 Å². The molecule has 0 atom stereocenters. The molecule has 5 rings (SSSR count). The van der Waals surface area contributed by atoms with Gasteiger partial charge in [0.2, 0.25) is 5.91 Å². The van der Waals surface area contributed by atoms with E-state index in [0.717, 1.165) is 51.4 Å². The number of rotatable bonds is 14. The molecule has 0 spiro atoms. The molecular formula is C34H35N5O4. The first kappa shape index (κ1) is 29.5. The van der Waals surface area contributed by atoms with Gasteiger partial charge in [-0.25, -0.2) is 9.78 Å². The number of aromatic carboxylic acids is 1. The number of nitrogens with one attached hydrogen (secondary N) is 3. The Morgan fingerprint density at radius 3 is 2.51 bits per heavy atom. The summed E-state index contributed by atoms with van der Waals surface area (Å²) in [5, 5.41) is 21.8. The monoisotopic (exact) mass is 577 g/mol. The minimum atomic E-state index is -0.988. The van der Waals surface area contributed by atoms with E-state index in [1.54, 1.807) is 37.7 Å². The van der Waals surface area contributed by atoms with Crippen molar-refractivity contribution in [2.45, 2.75) is 25.8 Å². The lowest BCUT2D eigenvalue weighted by Crippen LogP contribution is -2.28. The largest absolute Gasteiger partial charge is 0.496 e. The number of hydrogen-bond donors (Lipinski definition) is 4. The SMILES string of the molecule is COc1ccccc1-c1ccc(CNCCC(=O)NCCCCNc2nc3cc(C(=O)O)ccc3c3cnccc23)cc1. The molecule has 9 heteroatoms. The highest BCUT2D eigenvalue weighted by Gasteiger charge is 2.11. The molecule has 3 aromatic carbocycles. The van der Waals surface area contributed by atoms with E-state index in [0.29, 0.717) is 43.9 Å². The molecule has 0 aliphatic heterocycles. The number of ether oxygens (including phenoxy) is 1. The van der Waals surface area contributed by atoms with Crippen molar-refractivity contribution in [2.24, 2.45) is 0 Å². The Morgan fingerprint density at radius 1 is 0.884 bits per heavy atom. The third kappa shape index (κ3) is 7.44. The fraction of sp³-hybridized carbons (Fsp3) is 0.235. The Hall–Kier alpha value is -5.02. The number of amides is 1. The van der Waals surface area contributed by atoms with Gasteiger partial charge in [0.1, 0.15) is 11.6 Å². The summed E-state index contributed by atoms with van der Waals surface area (Å²) in [4.78, 5) is 32.6. The Bertz CT molecular complexity index is 1720. The van der Waals surface area contributed by atoms with Crippen molar-refractivity contribution in [1.82, 2.24) is 20.6 Å². The number of carboxylic acid groups (broad SMARTS) is 1. The van der Waals surface area contributed by atoms with Crippen LogP contribution in [0.4, 0.5) is 5.82 Å². The molecule has 220 valence electrons. The van der Waals surface area contributed by atoms with Crippen molar-refractivity contribution in [1.29, 1.82) is 0 Å². The molecule has 4 N–H and O–H groups in total. The van der Waals surface area contributed by atoms with Crippen LogP contribution in [0.15, 0.2) is 85.2 Å². The predicted octanol–water partition coefficient (Wildman–Crippen LogP) is 5.65. The van der Waals surface area contributed by atoms with Crippen molar-refractivity contribution >= 4 is 39.4 Å². The lowest BCUT2D eigenvalue weighted by Gasteiger charge is -2.12. The highest BCUT2D eigenvalue weighted by Crippen LogP contribution is 2.30. The number of anilines is 1. The van der Waals surface area contributed by atoms with Gasteiger partial charge in [-0.3, -0.25) is 9.78 Å². The Balaban J connectivity index is 1.01. The number of benzene rings is 3. The maximum absolute atomic E-state index is 12.3. The summed E-state index contributed by atoms with van der Waals surface area (Å²) >= 11 is 0. The van der Waals surface area contributed by atoms with Crippen LogP contribution in [0, 0.1) is 0 Å². The van der Waals surface area contributed by atoms with Crippen LogP contribution in [-0.4, -0.2) is 53.7 Å². The Kier molecular flexibility index (Phi) is 9.76. The average Bonchev–Trinajstić information content (AvgIpc) is 3.04. The van der Waals surface area contributed by atoms with Crippen molar-refractivity contribution in [2.75, 3.05) is 32.1 Å². The van der Waals surface area contributed by atoms with Gasteiger partial charge in [-0.2, -0.15) is 0 Å². The third-order valence-corrected chi connectivity index (χ3v) is 7.29. The number of pyridine rings is 2. The molecule has 0 aliphatic carbocycles. The van der Waals surface area contributed by atoms with Gasteiger partial charge in [-0.15, -0.1) is 0 Å². The maximum Gasteiger partial charge on any atom is 0.335 e. The van der Waals surface area contributed by atoms with Crippen LogP contribution in [-0.2, 0) is 11.3 Å². The Morgan fingerprint density at radius 2 is 1.70 bits per heavy atom. The first-order valence-electron chi connectivity index (χ1n) is 14.4. The van der Waals surface area contributed by atoms with Gasteiger partial charge in [0.05, 0.1) is 18.2 Å². The summed E-state index contributed by atoms with van der Waals surface area (Å²) in [5.74, 6) is 0.576. The molecule has 0 aliphatic rings. The topological polar surface area (TPSA) is 125 Å². The quantitative estimate of drug-likeness (QED) is 0.0987. The molecule has 5 aromatic rings. The zero-order valence-electron chi connectivity index (χ0n) is 24.1. The first-order valence-corrected chi connectivity index (χ1v) is 14.4. The molecular weight excluding hydrogens is 542 g/mol. The highest BCUT2D eigenvalue weighted by atomic mass is 16.5. The van der Waals surface area contributed by atoms with Crippen LogP contribution in [0.2, 0.25) is 0 Å². The fourth-order valence-electron chi connectivity index (χ4n) is 5.01. The molecule has 0 saturated carbocycles. The molecule has 9 nitrogen and oxygen atoms in total. The molecule has 0 saturated heterocycles. The summed E-state index contributed by atoms with van der Waals surface area (Å²) in [6.45, 7) is 2.56. The fourth-order valence-corrected chi connectivity index (χ4v) is 5.01. The number of para-hydroxylation sites is 1. The zero-order chi connectivity index (χ0) is 30.0. The van der Waals surface area contributed by atoms with Crippen molar-refractivity contribution in [3.63, 3.8) is 0 Å². The van der Waals surface area contributed by atoms with Crippen molar-refractivity contribution < 1.29 is 19.4 Å². The smallest absolute Gasteiger partial charge is 0.335 e. The van der Waals surface area contributed by atoms with E-state index < -0.39 is 5.97 Å². The maximum atomic E-state index is 12.3. The first-order chi connectivity index (χ1) is 21.0. The van der Waals surface area contributed by atoms with Gasteiger partial charge in [-0.1, -0.05) is 48.5 Å². The molecule has 2 aromatic heterocycles. The zero-order valence-corrected chi connectivity index (χ0v) is 24.1. The van der Waals surface area contributed by atoms with E-state index in [1.807, 2.05) is 30.3 Å². The van der Waals surface area contributed by atoms with Crippen LogP contribution in [0.3, 0.4) is 0 Å². The minimum Gasteiger partial charge on any atom is -0.496 e. The number of hydrogen-bond acceptors (Lipinski definition) is 7. The highest BCUT2D eigenvalue weighted by molar-refractivity contribution is 6.10. The molecule has 1 amide bonds. The summed E-state index contributed by atoms with van der Waals surface area (Å²) in [5.41, 5.74) is 4.11. The van der Waals surface area contributed by atoms with Gasteiger partial charge in [0, 0.05) is 66.7 Å². The molecule has 2 heterocycles. The number of carbonyl (C=O) groups excluding carboxylic acids is 1. The van der Waals surface area contributed by atoms with Gasteiger partial charge in [0.25, 0.3) is 0 Å². The van der Waals surface area contributed by atoms with Crippen molar-refractivity contribution in [3.05, 3.63) is 96.3 Å². The van der Waals surface area contributed by atoms with Gasteiger partial charge in [-0.05, 0) is 48.2 Å². The Labute approximate surface area is 250 Å². The summed E-state index contributed by atoms with van der Waals surface area (Å²) < 4.78 is 5.46. The number of nitrogens with zero attached hydrogens (tertiary/aromatic N) is 2. The molecule has 0 unspecified atom stereocenters. The summed E-state index contributed by atoms with van der Waals surface area (Å²) in [6, 6.07) is 23.1. The molecule has 0 radical (unpaired) electrons. The van der Waals surface area contributed by atoms with Gasteiger partial charge >= 0.3 is 5.97 Å². The third-order valence-electron chi connectivity index (χ3n) is 7.29. The lowest BCUT2D eigenvalue weighted by atomic mass is 10.0. The van der Waals surface area contributed by atoms with Crippen LogP contribution in [0.1, 0.15) is 35.2 Å². The average molecular weight is 578 g/mol. The van der Waals surface area contributed by atoms with Gasteiger partial charge < -0.3 is 25.8 Å². The van der Waals surface area contributed by atoms with E-state index in [4.69, 9.17) is 9.72 Å². The van der Waals surface area contributed by atoms with Crippen LogP contribution < -0.4 is 20.7 Å². The number of unbranched alkanes of at least 4 members (excludes halogenated alkanes) is 1. The van der Waals surface area contributed by atoms with Crippen LogP contribution >= 0.6 is 0 Å². The summed E-state index contributed by atoms with van der Waals surface area (Å²) in [6.07, 6.45) is 5.56. The molecule has 43 heavy (non-hydrogen) atoms. The number of fused-ring (bicyclic) bond motifs is 3. The van der Waals surface area contributed by atoms with Crippen LogP contribution in [0.25, 0.3) is 32.8 Å². The molecule has 0 fully saturated rings. The predicted molar refractivity (Wildman–Crippen MR) is 169 cm³/mol. The van der Waals surface area contributed by atoms with E-state index in [9.17, 15) is 14.7 Å². The van der Waals surface area contributed by atoms with Gasteiger partial charge in [0.15, 0.2) is 0 Å². The minimum absolute atomic E-state index is 0.0240. The second kappa shape index (κ2) is 14.2. The number of carboxylic acids is 1. The second-order valence-electron chi connectivity index (χ2n) is 10.2. The number of methoxy groups -OCH3 is 1. The van der Waals surface area contributed by atoms with E-state index in [-0.39, 0.29) is 11.5 Å². The van der Waals surface area contributed by atoms with E-state index in [1.165, 1.54) is 0 Å². The normalized spacial score (nSPS) is 11.0. The lowest BCUT2D eigenvalue weighted by molar-refractivity contribution is -0.121. The second-order valence-corrected chi connectivity index (χ2v) is 10.2. The standard InChI is InChI=1S/C34H35N5O4/c1-43-31-7-3-2-6-26(31)24-10-8-23(9-11-24)21-35-19-15-32(40)37-16-4-5-17-38-33-28-14-18-36-22-29(28)27-13-12-25(34(41)42)20-30(27)39-33/h2-3,6-14,18,20,22,35H,4-5,15-17,19,21H2,1H3,(H,37,40)(H,38,39)(H,41,42). The van der Waals surface area contributed by atoms with E-state index in [2.05, 4.69) is 45.2 Å². The van der Waals surface area contributed by atoms with Crippen LogP contribution in [0.5, 0.6) is 5.75 Å². The molecule has 0 bridgehead atoms.